The van der Waals surface area contributed by atoms with Gasteiger partial charge in [0.1, 0.15) is 5.75 Å². The zero-order chi connectivity index (χ0) is 11.4. The Morgan fingerprint density at radius 3 is 2.27 bits per heavy atom. The van der Waals surface area contributed by atoms with Gasteiger partial charge in [-0.25, -0.2) is 0 Å². The van der Waals surface area contributed by atoms with Gasteiger partial charge in [0.05, 0.1) is 0 Å². The quantitative estimate of drug-likeness (QED) is 0.582. The minimum atomic E-state index is -2.61. The van der Waals surface area contributed by atoms with Crippen LogP contribution in [0, 0.1) is 0 Å². The van der Waals surface area contributed by atoms with Gasteiger partial charge in [-0.1, -0.05) is 18.2 Å². The van der Waals surface area contributed by atoms with Crippen LogP contribution in [0.3, 0.4) is 0 Å². The zero-order valence-electron chi connectivity index (χ0n) is 7.32. The second-order valence-electron chi connectivity index (χ2n) is 2.55. The molecule has 15 heavy (non-hydrogen) atoms. The molecule has 0 aliphatic heterocycles. The average Bonchev–Trinajstić information content (AvgIpc) is 2.18. The van der Waals surface area contributed by atoms with Gasteiger partial charge < -0.3 is 14.8 Å². The van der Waals surface area contributed by atoms with Crippen molar-refractivity contribution in [1.29, 1.82) is 0 Å². The number of halogens is 3. The van der Waals surface area contributed by atoms with E-state index >= 15 is 0 Å². The molecule has 2 N–H and O–H groups in total. The molecule has 0 bridgehead atoms. The van der Waals surface area contributed by atoms with Crippen LogP contribution in [0.4, 0.5) is 13.2 Å². The fourth-order valence-corrected chi connectivity index (χ4v) is 0.922. The molecule has 0 saturated heterocycles. The Kier molecular flexibility index (Phi) is 3.76. The van der Waals surface area contributed by atoms with Gasteiger partial charge in [0.15, 0.2) is 0 Å². The van der Waals surface area contributed by atoms with E-state index in [0.717, 1.165) is 6.07 Å². The summed E-state index contributed by atoms with van der Waals surface area (Å²) in [5.74, 6) is -0.377. The van der Waals surface area contributed by atoms with E-state index in [9.17, 15) is 13.2 Å². The summed E-state index contributed by atoms with van der Waals surface area (Å²) in [6.07, 6.45) is -2.61. The summed E-state index contributed by atoms with van der Waals surface area (Å²) in [5.41, 5.74) is -0.200. The van der Waals surface area contributed by atoms with Crippen LogP contribution in [0.5, 0.6) is 5.75 Å². The monoisotopic (exact) mass is 218 g/mol. The summed E-state index contributed by atoms with van der Waals surface area (Å²) in [5, 5.41) is 17.6. The summed E-state index contributed by atoms with van der Waals surface area (Å²) in [6, 6.07) is 3.09. The Bertz CT molecular complexity index is 377. The normalized spacial score (nSPS) is 9.67. The van der Waals surface area contributed by atoms with Gasteiger partial charge in [-0.05, 0) is 6.07 Å². The van der Waals surface area contributed by atoms with E-state index in [0.29, 0.717) is 0 Å². The third-order valence-electron chi connectivity index (χ3n) is 1.55. The smallest absolute Gasteiger partial charge is 0.428 e. The van der Waals surface area contributed by atoms with Crippen LogP contribution in [0.2, 0.25) is 0 Å². The maximum absolute atomic E-state index is 12.4. The molecule has 0 unspecified atom stereocenters. The predicted octanol–water partition coefficient (Wildman–Crippen LogP) is 0.780. The fraction of sp³-hybridized carbons (Fsp3) is 0. The number of benzene rings is 1. The third kappa shape index (κ3) is 3.00. The highest BCUT2D eigenvalue weighted by Gasteiger charge is 2.18. The van der Waals surface area contributed by atoms with Gasteiger partial charge in [-0.3, -0.25) is 0 Å². The fourth-order valence-electron chi connectivity index (χ4n) is 0.922. The highest BCUT2D eigenvalue weighted by Crippen LogP contribution is 2.16. The van der Waals surface area contributed by atoms with Crippen LogP contribution >= 0.6 is 0 Å². The average molecular weight is 218 g/mol. The molecule has 0 aliphatic carbocycles. The van der Waals surface area contributed by atoms with E-state index < -0.39 is 19.2 Å². The van der Waals surface area contributed by atoms with Crippen molar-refractivity contribution in [2.24, 2.45) is 0 Å². The van der Waals surface area contributed by atoms with Gasteiger partial charge in [-0.2, -0.15) is 13.2 Å². The molecule has 0 amide bonds. The first kappa shape index (κ1) is 11.6. The molecule has 0 spiro atoms. The molecule has 1 rings (SSSR count). The topological polar surface area (TPSA) is 49.7 Å². The maximum Gasteiger partial charge on any atom is 0.492 e. The van der Waals surface area contributed by atoms with Crippen LogP contribution in [-0.2, 0) is 0 Å². The van der Waals surface area contributed by atoms with E-state index in [-0.39, 0.29) is 11.2 Å². The van der Waals surface area contributed by atoms with Crippen molar-refractivity contribution < 1.29 is 28.0 Å². The van der Waals surface area contributed by atoms with Crippen LogP contribution in [-0.4, -0.2) is 17.2 Å². The number of ether oxygens (including phenoxy) is 1. The summed E-state index contributed by atoms with van der Waals surface area (Å²) < 4.78 is 39.9. The standard InChI is InChI=1S/C8H6BF3O3/c10-7(11)8(12)15-6-4-2-1-3-5(6)9(13)14/h1-4,13-14H. The molecule has 0 atom stereocenters. The van der Waals surface area contributed by atoms with Crippen LogP contribution in [0.15, 0.2) is 36.4 Å². The van der Waals surface area contributed by atoms with Crippen molar-refractivity contribution in [3.63, 3.8) is 0 Å². The number of rotatable bonds is 3. The largest absolute Gasteiger partial charge is 0.492 e. The van der Waals surface area contributed by atoms with E-state index in [1.807, 2.05) is 0 Å². The SMILES string of the molecule is OB(O)c1ccccc1OC(F)=C(F)F. The van der Waals surface area contributed by atoms with Crippen molar-refractivity contribution in [2.75, 3.05) is 0 Å². The van der Waals surface area contributed by atoms with E-state index in [1.54, 1.807) is 0 Å². The van der Waals surface area contributed by atoms with Crippen molar-refractivity contribution in [3.8, 4) is 5.75 Å². The second-order valence-corrected chi connectivity index (χ2v) is 2.55. The molecule has 0 aromatic heterocycles. The van der Waals surface area contributed by atoms with Crippen molar-refractivity contribution >= 4 is 12.6 Å². The molecule has 80 valence electrons. The molecule has 7 heteroatoms. The molecule has 0 fully saturated rings. The molecule has 0 aliphatic rings. The summed E-state index contributed by atoms with van der Waals surface area (Å²) in [7, 11) is -1.92. The minimum absolute atomic E-state index is 0.200. The Labute approximate surface area is 83.6 Å². The Hall–Kier alpha value is -1.47. The van der Waals surface area contributed by atoms with Crippen molar-refractivity contribution in [1.82, 2.24) is 0 Å². The summed E-state index contributed by atoms with van der Waals surface area (Å²) in [6.45, 7) is 0. The zero-order valence-corrected chi connectivity index (χ0v) is 7.32. The number of hydrogen-bond acceptors (Lipinski definition) is 3. The number of para-hydroxylation sites is 1. The summed E-state index contributed by atoms with van der Waals surface area (Å²) >= 11 is 0. The minimum Gasteiger partial charge on any atom is -0.428 e. The van der Waals surface area contributed by atoms with Gasteiger partial charge in [0, 0.05) is 5.46 Å². The maximum atomic E-state index is 12.4. The lowest BCUT2D eigenvalue weighted by atomic mass is 9.80. The highest BCUT2D eigenvalue weighted by molar-refractivity contribution is 6.59. The van der Waals surface area contributed by atoms with Gasteiger partial charge in [-0.15, -0.1) is 0 Å². The summed E-state index contributed by atoms with van der Waals surface area (Å²) in [4.78, 5) is 0. The molecular formula is C8H6BF3O3. The first-order valence-corrected chi connectivity index (χ1v) is 3.86. The second kappa shape index (κ2) is 4.85. The Morgan fingerprint density at radius 1 is 1.13 bits per heavy atom. The molecule has 3 nitrogen and oxygen atoms in total. The van der Waals surface area contributed by atoms with E-state index in [1.165, 1.54) is 18.2 Å². The van der Waals surface area contributed by atoms with E-state index in [2.05, 4.69) is 4.74 Å². The first-order chi connectivity index (χ1) is 7.02. The molecule has 1 aromatic rings. The van der Waals surface area contributed by atoms with Crippen LogP contribution in [0.25, 0.3) is 0 Å². The molecule has 0 radical (unpaired) electrons. The Morgan fingerprint density at radius 2 is 1.73 bits per heavy atom. The lowest BCUT2D eigenvalue weighted by molar-refractivity contribution is 0.242. The Balaban J connectivity index is 3.00. The molecule has 0 heterocycles. The van der Waals surface area contributed by atoms with Gasteiger partial charge in [0.2, 0.25) is 0 Å². The third-order valence-corrected chi connectivity index (χ3v) is 1.55. The van der Waals surface area contributed by atoms with E-state index in [4.69, 9.17) is 10.0 Å². The lowest BCUT2D eigenvalue weighted by Gasteiger charge is -2.07. The van der Waals surface area contributed by atoms with Crippen molar-refractivity contribution in [3.05, 3.63) is 36.4 Å². The highest BCUT2D eigenvalue weighted by atomic mass is 19.3. The number of hydrogen-bond donors (Lipinski definition) is 2. The van der Waals surface area contributed by atoms with Crippen LogP contribution in [0.1, 0.15) is 0 Å². The molecular weight excluding hydrogens is 212 g/mol. The predicted molar refractivity (Wildman–Crippen MR) is 47.2 cm³/mol. The van der Waals surface area contributed by atoms with Gasteiger partial charge in [0.25, 0.3) is 0 Å². The lowest BCUT2D eigenvalue weighted by Crippen LogP contribution is -2.31. The molecule has 0 saturated carbocycles. The van der Waals surface area contributed by atoms with Crippen LogP contribution < -0.4 is 10.2 Å². The van der Waals surface area contributed by atoms with Gasteiger partial charge >= 0.3 is 19.2 Å². The first-order valence-electron chi connectivity index (χ1n) is 3.86. The van der Waals surface area contributed by atoms with Crippen molar-refractivity contribution in [2.45, 2.75) is 0 Å². The molecule has 1 aromatic carbocycles.